The maximum absolute atomic E-state index is 12.7. The van der Waals surface area contributed by atoms with Gasteiger partial charge in [0.2, 0.25) is 15.9 Å². The number of sulfonamides is 1. The maximum Gasteiger partial charge on any atom is 0.244 e. The number of hydrogen-bond acceptors (Lipinski definition) is 6. The van der Waals surface area contributed by atoms with E-state index in [9.17, 15) is 13.2 Å². The van der Waals surface area contributed by atoms with Crippen molar-refractivity contribution in [2.45, 2.75) is 11.3 Å². The molecule has 1 aromatic carbocycles. The van der Waals surface area contributed by atoms with Crippen LogP contribution in [0, 0.1) is 0 Å². The fourth-order valence-corrected chi connectivity index (χ4v) is 5.36. The van der Waals surface area contributed by atoms with Crippen LogP contribution in [-0.2, 0) is 14.8 Å². The zero-order valence-electron chi connectivity index (χ0n) is 17.9. The quantitative estimate of drug-likeness (QED) is 0.569. The number of carbonyl (C=O) groups excluding carboxylic acids is 1. The summed E-state index contributed by atoms with van der Waals surface area (Å²) in [4.78, 5) is 20.8. The van der Waals surface area contributed by atoms with Gasteiger partial charge in [-0.2, -0.15) is 0 Å². The summed E-state index contributed by atoms with van der Waals surface area (Å²) in [6.45, 7) is 4.99. The van der Waals surface area contributed by atoms with E-state index in [0.717, 1.165) is 37.0 Å². The molecule has 0 aliphatic carbocycles. The summed E-state index contributed by atoms with van der Waals surface area (Å²) < 4.78 is 26.5. The highest BCUT2D eigenvalue weighted by atomic mass is 35.5. The Balaban J connectivity index is 1.38. The second-order valence-corrected chi connectivity index (χ2v) is 10.3. The minimum absolute atomic E-state index is 0.0190. The van der Waals surface area contributed by atoms with E-state index in [2.05, 4.69) is 20.1 Å². The number of aromatic nitrogens is 1. The number of nitrogens with one attached hydrogen (secondary N) is 1. The summed E-state index contributed by atoms with van der Waals surface area (Å²) >= 11 is 12.0. The molecule has 0 spiro atoms. The smallest absolute Gasteiger partial charge is 0.244 e. The number of amides is 1. The van der Waals surface area contributed by atoms with Crippen LogP contribution >= 0.6 is 23.2 Å². The largest absolute Gasteiger partial charge is 0.369 e. The van der Waals surface area contributed by atoms with E-state index in [1.165, 1.54) is 30.9 Å². The van der Waals surface area contributed by atoms with Crippen molar-refractivity contribution in [1.29, 1.82) is 0 Å². The van der Waals surface area contributed by atoms with E-state index in [0.29, 0.717) is 6.54 Å². The van der Waals surface area contributed by atoms with Crippen molar-refractivity contribution < 1.29 is 13.2 Å². The molecule has 0 saturated carbocycles. The lowest BCUT2D eigenvalue weighted by molar-refractivity contribution is -0.121. The fourth-order valence-electron chi connectivity index (χ4n) is 3.46. The summed E-state index contributed by atoms with van der Waals surface area (Å²) in [7, 11) is -2.41. The van der Waals surface area contributed by atoms with E-state index in [1.807, 2.05) is 12.1 Å². The van der Waals surface area contributed by atoms with Gasteiger partial charge in [0.25, 0.3) is 0 Å². The van der Waals surface area contributed by atoms with E-state index in [4.69, 9.17) is 23.2 Å². The van der Waals surface area contributed by atoms with Crippen LogP contribution in [0.25, 0.3) is 0 Å². The van der Waals surface area contributed by atoms with Crippen LogP contribution in [0.4, 0.5) is 5.69 Å². The Morgan fingerprint density at radius 1 is 1.12 bits per heavy atom. The Hall–Kier alpha value is -1.91. The van der Waals surface area contributed by atoms with Crippen LogP contribution in [0.1, 0.15) is 6.42 Å². The molecule has 1 amide bonds. The van der Waals surface area contributed by atoms with E-state index in [1.54, 1.807) is 12.4 Å². The number of anilines is 1. The lowest BCUT2D eigenvalue weighted by Gasteiger charge is -2.36. The Kier molecular flexibility index (Phi) is 8.72. The Labute approximate surface area is 199 Å². The topological polar surface area (TPSA) is 85.8 Å². The van der Waals surface area contributed by atoms with Crippen LogP contribution < -0.4 is 10.2 Å². The van der Waals surface area contributed by atoms with Gasteiger partial charge < -0.3 is 10.2 Å². The average Bonchev–Trinajstić information content (AvgIpc) is 2.80. The zero-order chi connectivity index (χ0) is 23.1. The van der Waals surface area contributed by atoms with Crippen molar-refractivity contribution in [2.75, 3.05) is 57.8 Å². The number of carbonyl (C=O) groups is 1. The van der Waals surface area contributed by atoms with Crippen molar-refractivity contribution >= 4 is 44.8 Å². The second-order valence-electron chi connectivity index (χ2n) is 7.51. The summed E-state index contributed by atoms with van der Waals surface area (Å²) in [5.74, 6) is -0.195. The fraction of sp³-hybridized carbons (Fsp3) is 0.429. The predicted octanol–water partition coefficient (Wildman–Crippen LogP) is 2.34. The molecule has 32 heavy (non-hydrogen) atoms. The molecule has 3 rings (SSSR count). The number of benzene rings is 1. The number of halogens is 2. The van der Waals surface area contributed by atoms with Crippen molar-refractivity contribution in [2.24, 2.45) is 0 Å². The van der Waals surface area contributed by atoms with Crippen LogP contribution in [-0.4, -0.2) is 81.4 Å². The molecular weight excluding hydrogens is 473 g/mol. The standard InChI is InChI=1S/C21H27Cl2N5O3S/c1-26(32(30,31)19-4-2-3-18(22)21(19)23)11-7-20(29)25-10-12-27-13-15-28(16-14-27)17-5-8-24-9-6-17/h2-6,8-9H,7,10-16H2,1H3,(H,25,29). The van der Waals surface area contributed by atoms with Gasteiger partial charge >= 0.3 is 0 Å². The molecular formula is C21H27Cl2N5O3S. The lowest BCUT2D eigenvalue weighted by Crippen LogP contribution is -2.48. The normalized spacial score (nSPS) is 15.2. The van der Waals surface area contributed by atoms with Gasteiger partial charge in [-0.05, 0) is 24.3 Å². The molecule has 1 N–H and O–H groups in total. The van der Waals surface area contributed by atoms with Crippen molar-refractivity contribution in [1.82, 2.24) is 19.5 Å². The first kappa shape index (κ1) is 24.7. The van der Waals surface area contributed by atoms with Gasteiger partial charge in [0.1, 0.15) is 4.90 Å². The van der Waals surface area contributed by atoms with Crippen LogP contribution in [0.3, 0.4) is 0 Å². The maximum atomic E-state index is 12.7. The Morgan fingerprint density at radius 3 is 2.50 bits per heavy atom. The Morgan fingerprint density at radius 2 is 1.81 bits per heavy atom. The third-order valence-corrected chi connectivity index (χ3v) is 8.24. The minimum Gasteiger partial charge on any atom is -0.369 e. The SMILES string of the molecule is CN(CCC(=O)NCCN1CCN(c2ccncc2)CC1)S(=O)(=O)c1cccc(Cl)c1Cl. The van der Waals surface area contributed by atoms with Crippen molar-refractivity contribution in [3.05, 3.63) is 52.8 Å². The van der Waals surface area contributed by atoms with E-state index in [-0.39, 0.29) is 33.8 Å². The first-order chi connectivity index (χ1) is 15.3. The van der Waals surface area contributed by atoms with Gasteiger partial charge in [0, 0.05) is 77.4 Å². The minimum atomic E-state index is -3.83. The molecule has 2 heterocycles. The number of rotatable bonds is 9. The summed E-state index contributed by atoms with van der Waals surface area (Å²) in [6.07, 6.45) is 3.65. The van der Waals surface area contributed by atoms with Crippen LogP contribution in [0.15, 0.2) is 47.6 Å². The second kappa shape index (κ2) is 11.3. The van der Waals surface area contributed by atoms with Crippen LogP contribution in [0.2, 0.25) is 10.0 Å². The first-order valence-electron chi connectivity index (χ1n) is 10.3. The van der Waals surface area contributed by atoms with Gasteiger partial charge in [-0.25, -0.2) is 12.7 Å². The van der Waals surface area contributed by atoms with Gasteiger partial charge in [-0.1, -0.05) is 29.3 Å². The molecule has 11 heteroatoms. The summed E-state index contributed by atoms with van der Waals surface area (Å²) in [5, 5.41) is 3.02. The number of piperazine rings is 1. The monoisotopic (exact) mass is 499 g/mol. The van der Waals surface area contributed by atoms with Crippen LogP contribution in [0.5, 0.6) is 0 Å². The first-order valence-corrected chi connectivity index (χ1v) is 12.5. The number of pyridine rings is 1. The van der Waals surface area contributed by atoms with Crippen molar-refractivity contribution in [3.63, 3.8) is 0 Å². The third kappa shape index (κ3) is 6.32. The molecule has 2 aromatic rings. The highest BCUT2D eigenvalue weighted by molar-refractivity contribution is 7.89. The summed E-state index contributed by atoms with van der Waals surface area (Å²) in [6, 6.07) is 8.46. The highest BCUT2D eigenvalue weighted by Crippen LogP contribution is 2.30. The third-order valence-electron chi connectivity index (χ3n) is 5.41. The molecule has 0 atom stereocenters. The van der Waals surface area contributed by atoms with E-state index >= 15 is 0 Å². The molecule has 8 nitrogen and oxygen atoms in total. The molecule has 1 fully saturated rings. The zero-order valence-corrected chi connectivity index (χ0v) is 20.2. The summed E-state index contributed by atoms with van der Waals surface area (Å²) in [5.41, 5.74) is 1.17. The lowest BCUT2D eigenvalue weighted by atomic mass is 10.2. The highest BCUT2D eigenvalue weighted by Gasteiger charge is 2.25. The predicted molar refractivity (Wildman–Crippen MR) is 127 cm³/mol. The van der Waals surface area contributed by atoms with Gasteiger partial charge in [0.15, 0.2) is 0 Å². The number of nitrogens with zero attached hydrogens (tertiary/aromatic N) is 4. The van der Waals surface area contributed by atoms with Crippen molar-refractivity contribution in [3.8, 4) is 0 Å². The molecule has 0 radical (unpaired) electrons. The molecule has 0 bridgehead atoms. The molecule has 1 aliphatic heterocycles. The molecule has 1 aliphatic rings. The van der Waals surface area contributed by atoms with Gasteiger partial charge in [-0.3, -0.25) is 14.7 Å². The molecule has 1 saturated heterocycles. The molecule has 1 aromatic heterocycles. The van der Waals surface area contributed by atoms with Gasteiger partial charge in [-0.15, -0.1) is 0 Å². The average molecular weight is 500 g/mol. The number of hydrogen-bond donors (Lipinski definition) is 1. The van der Waals surface area contributed by atoms with Gasteiger partial charge in [0.05, 0.1) is 10.0 Å². The Bertz CT molecular complexity index is 1020. The molecule has 0 unspecified atom stereocenters. The van der Waals surface area contributed by atoms with E-state index < -0.39 is 10.0 Å². The molecule has 174 valence electrons.